The topological polar surface area (TPSA) is 177 Å². The monoisotopic (exact) mass is 606 g/mol. The fourth-order valence-corrected chi connectivity index (χ4v) is 5.23. The maximum atomic E-state index is 10.8. The Morgan fingerprint density at radius 2 is 1.27 bits per heavy atom. The van der Waals surface area contributed by atoms with Crippen molar-refractivity contribution in [3.63, 3.8) is 0 Å². The first-order chi connectivity index (χ1) is 18.9. The predicted octanol–water partition coefficient (Wildman–Crippen LogP) is 4.64. The fraction of sp³-hybridized carbons (Fsp3) is 0.280. The summed E-state index contributed by atoms with van der Waals surface area (Å²) >= 11 is 3.24. The van der Waals surface area contributed by atoms with Gasteiger partial charge in [-0.15, -0.1) is 22.7 Å². The van der Waals surface area contributed by atoms with Crippen molar-refractivity contribution in [2.45, 2.75) is 25.7 Å². The third-order valence-corrected chi connectivity index (χ3v) is 7.20. The van der Waals surface area contributed by atoms with E-state index in [1.165, 1.54) is 4.91 Å². The summed E-state index contributed by atoms with van der Waals surface area (Å²) in [6.45, 7) is 0.746. The number of benzene rings is 2. The standard InChI is InChI=1S/C13H15NO3S2.C12H12N4S.N3.Na/c1-19(15,16)17-9-5-8-13-14-12(10-18-13)11-6-3-2-4-7-11;13-16-14-8-4-7-12-15-11(9-17-12)10-5-2-1-3-6-10;1-3-2;/h2-4,6-7,10H,5,8-9H2,1H3;1-3,5-6,9H,4,7-8H2;;/q;;-1;+1. The van der Waals surface area contributed by atoms with Crippen LogP contribution in [-0.2, 0) is 27.1 Å². The third kappa shape index (κ3) is 14.6. The number of azide groups is 1. The molecule has 0 spiro atoms. The van der Waals surface area contributed by atoms with Crippen molar-refractivity contribution in [3.8, 4) is 22.5 Å². The van der Waals surface area contributed by atoms with Crippen LogP contribution in [0.25, 0.3) is 48.9 Å². The van der Waals surface area contributed by atoms with Crippen LogP contribution in [0.4, 0.5) is 0 Å². The molecule has 4 aromatic rings. The summed E-state index contributed by atoms with van der Waals surface area (Å²) in [6, 6.07) is 20.1. The van der Waals surface area contributed by atoms with Crippen molar-refractivity contribution in [2.24, 2.45) is 5.11 Å². The van der Waals surface area contributed by atoms with Crippen molar-refractivity contribution < 1.29 is 42.2 Å². The maximum Gasteiger partial charge on any atom is 1.00 e. The summed E-state index contributed by atoms with van der Waals surface area (Å²) in [5, 5.41) is 9.68. The number of nitrogens with zero attached hydrogens (tertiary/aromatic N) is 8. The van der Waals surface area contributed by atoms with Gasteiger partial charge in [0.15, 0.2) is 0 Å². The minimum absolute atomic E-state index is 0. The first kappa shape index (κ1) is 35.3. The molecule has 2 aromatic heterocycles. The Hall–Kier alpha value is -2.77. The molecule has 0 aliphatic carbocycles. The second kappa shape index (κ2) is 20.2. The molecule has 15 heteroatoms. The summed E-state index contributed by atoms with van der Waals surface area (Å²) in [5.74, 6) is 0. The van der Waals surface area contributed by atoms with Gasteiger partial charge in [0, 0.05) is 39.8 Å². The van der Waals surface area contributed by atoms with Gasteiger partial charge in [-0.25, -0.2) is 9.97 Å². The zero-order chi connectivity index (χ0) is 28.3. The molecule has 0 saturated carbocycles. The second-order valence-electron chi connectivity index (χ2n) is 7.76. The van der Waals surface area contributed by atoms with Gasteiger partial charge in [0.1, 0.15) is 0 Å². The van der Waals surface area contributed by atoms with Crippen LogP contribution in [0.2, 0.25) is 0 Å². The predicted molar refractivity (Wildman–Crippen MR) is 157 cm³/mol. The van der Waals surface area contributed by atoms with Crippen molar-refractivity contribution in [1.29, 1.82) is 0 Å². The molecule has 0 fully saturated rings. The van der Waals surface area contributed by atoms with Crippen LogP contribution < -0.4 is 29.6 Å². The molecule has 0 bridgehead atoms. The van der Waals surface area contributed by atoms with Crippen LogP contribution in [0.3, 0.4) is 0 Å². The Kier molecular flexibility index (Phi) is 17.8. The molecule has 2 heterocycles. The fourth-order valence-electron chi connectivity index (χ4n) is 3.11. The van der Waals surface area contributed by atoms with E-state index in [0.29, 0.717) is 13.0 Å². The van der Waals surface area contributed by atoms with Crippen molar-refractivity contribution in [1.82, 2.24) is 9.97 Å². The molecule has 0 radical (unpaired) electrons. The van der Waals surface area contributed by atoms with Crippen LogP contribution in [0.1, 0.15) is 22.9 Å². The summed E-state index contributed by atoms with van der Waals surface area (Å²) in [7, 11) is -3.33. The molecule has 0 aliphatic heterocycles. The largest absolute Gasteiger partial charge is 1.00 e. The molecule has 11 nitrogen and oxygen atoms in total. The van der Waals surface area contributed by atoms with E-state index in [4.69, 9.17) is 20.8 Å². The van der Waals surface area contributed by atoms with Crippen LogP contribution in [-0.4, -0.2) is 37.8 Å². The van der Waals surface area contributed by atoms with Gasteiger partial charge in [0.05, 0.1) is 34.3 Å². The van der Waals surface area contributed by atoms with E-state index in [1.54, 1.807) is 22.7 Å². The van der Waals surface area contributed by atoms with E-state index in [0.717, 1.165) is 58.0 Å². The van der Waals surface area contributed by atoms with E-state index in [-0.39, 0.29) is 36.2 Å². The molecule has 0 amide bonds. The van der Waals surface area contributed by atoms with E-state index < -0.39 is 10.1 Å². The number of thiazole rings is 2. The summed E-state index contributed by atoms with van der Waals surface area (Å²) < 4.78 is 26.3. The van der Waals surface area contributed by atoms with Gasteiger partial charge in [-0.3, -0.25) is 9.09 Å². The molecule has 2 aromatic carbocycles. The Bertz CT molecular complexity index is 1450. The SMILES string of the molecule is CS(=O)(=O)OCCCc1nc(-c2ccccc2)cs1.[N-]=[N+]=NCCCc1nc(-c2ccccc2)cs1.[N-]=[N+]=[N-].[Na+]. The first-order valence-electron chi connectivity index (χ1n) is 11.7. The van der Waals surface area contributed by atoms with Crippen LogP contribution >= 0.6 is 22.7 Å². The number of hydrogen-bond acceptors (Lipinski definition) is 8. The Morgan fingerprint density at radius 1 is 0.825 bits per heavy atom. The number of aryl methyl sites for hydroxylation is 2. The molecule has 0 atom stereocenters. The molecule has 204 valence electrons. The number of rotatable bonds is 11. The Morgan fingerprint density at radius 3 is 1.70 bits per heavy atom. The van der Waals surface area contributed by atoms with Gasteiger partial charge in [-0.2, -0.15) is 8.42 Å². The van der Waals surface area contributed by atoms with Gasteiger partial charge in [-0.05, 0) is 24.8 Å². The molecule has 4 rings (SSSR count). The van der Waals surface area contributed by atoms with E-state index >= 15 is 0 Å². The molecule has 0 aliphatic rings. The third-order valence-electron chi connectivity index (χ3n) is 4.79. The molecule has 0 saturated heterocycles. The molecule has 0 N–H and O–H groups in total. The van der Waals surface area contributed by atoms with Crippen LogP contribution in [0.15, 0.2) is 76.5 Å². The van der Waals surface area contributed by atoms with Gasteiger partial charge < -0.3 is 11.1 Å². The maximum absolute atomic E-state index is 10.8. The molecular formula is C25H27N8NaO3S3. The minimum atomic E-state index is -3.33. The zero-order valence-corrected chi connectivity index (χ0v) is 26.6. The van der Waals surface area contributed by atoms with Crippen LogP contribution in [0.5, 0.6) is 0 Å². The van der Waals surface area contributed by atoms with E-state index in [1.807, 2.05) is 53.9 Å². The molecular weight excluding hydrogens is 580 g/mol. The molecule has 0 unspecified atom stereocenters. The zero-order valence-electron chi connectivity index (χ0n) is 22.2. The summed E-state index contributed by atoms with van der Waals surface area (Å²) in [5.41, 5.74) is 25.9. The van der Waals surface area contributed by atoms with Gasteiger partial charge in [-0.1, -0.05) is 65.8 Å². The van der Waals surface area contributed by atoms with Gasteiger partial charge >= 0.3 is 29.6 Å². The van der Waals surface area contributed by atoms with Crippen molar-refractivity contribution in [2.75, 3.05) is 19.4 Å². The van der Waals surface area contributed by atoms with Gasteiger partial charge in [0.25, 0.3) is 10.1 Å². The van der Waals surface area contributed by atoms with Crippen molar-refractivity contribution in [3.05, 3.63) is 108 Å². The van der Waals surface area contributed by atoms with Crippen LogP contribution in [0, 0.1) is 0 Å². The average molecular weight is 607 g/mol. The second-order valence-corrected chi connectivity index (χ2v) is 11.3. The Balaban J connectivity index is 0.000000358. The van der Waals surface area contributed by atoms with Crippen molar-refractivity contribution >= 4 is 32.8 Å². The Labute approximate surface area is 263 Å². The number of hydrogen-bond donors (Lipinski definition) is 0. The smallest absolute Gasteiger partial charge is 0.373 e. The normalized spacial score (nSPS) is 9.93. The minimum Gasteiger partial charge on any atom is -0.373 e. The van der Waals surface area contributed by atoms with Gasteiger partial charge in [0.2, 0.25) is 0 Å². The quantitative estimate of drug-likeness (QED) is 0.0602. The van der Waals surface area contributed by atoms with E-state index in [9.17, 15) is 8.42 Å². The summed E-state index contributed by atoms with van der Waals surface area (Å²) in [4.78, 5) is 13.3. The summed E-state index contributed by atoms with van der Waals surface area (Å²) in [6.07, 6.45) is 4.16. The first-order valence-corrected chi connectivity index (χ1v) is 15.3. The number of aromatic nitrogens is 2. The van der Waals surface area contributed by atoms with E-state index in [2.05, 4.69) is 37.5 Å². The average Bonchev–Trinajstić information content (AvgIpc) is 3.61. The molecule has 40 heavy (non-hydrogen) atoms.